The number of benzene rings is 2. The lowest BCUT2D eigenvalue weighted by atomic mass is 10.1. The van der Waals surface area contributed by atoms with Crippen molar-refractivity contribution < 1.29 is 19.1 Å². The molecule has 146 valence electrons. The second kappa shape index (κ2) is 8.02. The van der Waals surface area contributed by atoms with E-state index in [-0.39, 0.29) is 18.6 Å². The van der Waals surface area contributed by atoms with Gasteiger partial charge < -0.3 is 20.1 Å². The SMILES string of the molecule is CCC(=O)Nc1ccc(-c2ccc(C(=O)Nc3ccc4c(c3)OCO4)cc2)nc1. The molecule has 1 aliphatic rings. The highest BCUT2D eigenvalue weighted by Gasteiger charge is 2.14. The van der Waals surface area contributed by atoms with Crippen LogP contribution in [0.5, 0.6) is 11.5 Å². The molecule has 0 spiro atoms. The number of aromatic nitrogens is 1. The number of carbonyl (C=O) groups excluding carboxylic acids is 2. The summed E-state index contributed by atoms with van der Waals surface area (Å²) in [7, 11) is 0. The van der Waals surface area contributed by atoms with Crippen LogP contribution in [0, 0.1) is 0 Å². The number of anilines is 2. The molecule has 0 unspecified atom stereocenters. The van der Waals surface area contributed by atoms with Crippen LogP contribution in [-0.4, -0.2) is 23.6 Å². The van der Waals surface area contributed by atoms with Gasteiger partial charge in [0.15, 0.2) is 11.5 Å². The zero-order valence-electron chi connectivity index (χ0n) is 15.8. The molecule has 29 heavy (non-hydrogen) atoms. The summed E-state index contributed by atoms with van der Waals surface area (Å²) >= 11 is 0. The minimum atomic E-state index is -0.221. The molecule has 1 aromatic heterocycles. The quantitative estimate of drug-likeness (QED) is 0.686. The van der Waals surface area contributed by atoms with Crippen molar-refractivity contribution >= 4 is 23.2 Å². The minimum absolute atomic E-state index is 0.0580. The van der Waals surface area contributed by atoms with Gasteiger partial charge in [0, 0.05) is 29.3 Å². The summed E-state index contributed by atoms with van der Waals surface area (Å²) < 4.78 is 10.6. The average Bonchev–Trinajstić information content (AvgIpc) is 3.22. The molecule has 2 N–H and O–H groups in total. The number of fused-ring (bicyclic) bond motifs is 1. The summed E-state index contributed by atoms with van der Waals surface area (Å²) in [6.45, 7) is 1.98. The largest absolute Gasteiger partial charge is 0.454 e. The Labute approximate surface area is 167 Å². The highest BCUT2D eigenvalue weighted by molar-refractivity contribution is 6.04. The molecule has 1 aliphatic heterocycles. The summed E-state index contributed by atoms with van der Waals surface area (Å²) in [5.41, 5.74) is 3.44. The second-order valence-electron chi connectivity index (χ2n) is 6.43. The normalized spacial score (nSPS) is 11.8. The number of nitrogens with zero attached hydrogens (tertiary/aromatic N) is 1. The fraction of sp³-hybridized carbons (Fsp3) is 0.136. The summed E-state index contributed by atoms with van der Waals surface area (Å²) in [5.74, 6) is 1.00. The number of rotatable bonds is 5. The molecule has 0 radical (unpaired) electrons. The topological polar surface area (TPSA) is 89.6 Å². The Kier molecular flexibility index (Phi) is 5.11. The van der Waals surface area contributed by atoms with Crippen molar-refractivity contribution in [1.29, 1.82) is 0 Å². The summed E-state index contributed by atoms with van der Waals surface area (Å²) in [6.07, 6.45) is 2.03. The predicted molar refractivity (Wildman–Crippen MR) is 109 cm³/mol. The van der Waals surface area contributed by atoms with Crippen molar-refractivity contribution in [2.45, 2.75) is 13.3 Å². The molecule has 3 aromatic rings. The van der Waals surface area contributed by atoms with Crippen molar-refractivity contribution in [1.82, 2.24) is 4.98 Å². The van der Waals surface area contributed by atoms with Crippen LogP contribution in [0.2, 0.25) is 0 Å². The van der Waals surface area contributed by atoms with Gasteiger partial charge in [-0.1, -0.05) is 19.1 Å². The molecule has 7 nitrogen and oxygen atoms in total. The van der Waals surface area contributed by atoms with Gasteiger partial charge in [-0.25, -0.2) is 0 Å². The number of ether oxygens (including phenoxy) is 2. The molecule has 0 aliphatic carbocycles. The third kappa shape index (κ3) is 4.19. The van der Waals surface area contributed by atoms with Crippen LogP contribution in [0.25, 0.3) is 11.3 Å². The van der Waals surface area contributed by atoms with E-state index in [2.05, 4.69) is 15.6 Å². The Hall–Kier alpha value is -3.87. The van der Waals surface area contributed by atoms with Gasteiger partial charge in [-0.05, 0) is 36.4 Å². The lowest BCUT2D eigenvalue weighted by Gasteiger charge is -2.08. The lowest BCUT2D eigenvalue weighted by Crippen LogP contribution is -2.11. The van der Waals surface area contributed by atoms with Crippen molar-refractivity contribution in [3.63, 3.8) is 0 Å². The first-order chi connectivity index (χ1) is 14.1. The predicted octanol–water partition coefficient (Wildman–Crippen LogP) is 4.08. The van der Waals surface area contributed by atoms with Crippen molar-refractivity contribution in [3.8, 4) is 22.8 Å². The van der Waals surface area contributed by atoms with Gasteiger partial charge in [0.05, 0.1) is 17.6 Å². The Morgan fingerprint density at radius 3 is 2.41 bits per heavy atom. The lowest BCUT2D eigenvalue weighted by molar-refractivity contribution is -0.115. The number of pyridine rings is 1. The molecule has 7 heteroatoms. The van der Waals surface area contributed by atoms with Crippen molar-refractivity contribution in [2.75, 3.05) is 17.4 Å². The number of nitrogens with one attached hydrogen (secondary N) is 2. The van der Waals surface area contributed by atoms with Crippen LogP contribution in [0.15, 0.2) is 60.8 Å². The van der Waals surface area contributed by atoms with E-state index in [1.54, 1.807) is 49.5 Å². The van der Waals surface area contributed by atoms with E-state index in [1.165, 1.54) is 0 Å². The first-order valence-corrected chi connectivity index (χ1v) is 9.20. The van der Waals surface area contributed by atoms with Crippen molar-refractivity contribution in [3.05, 3.63) is 66.4 Å². The highest BCUT2D eigenvalue weighted by Crippen LogP contribution is 2.34. The second-order valence-corrected chi connectivity index (χ2v) is 6.43. The van der Waals surface area contributed by atoms with Gasteiger partial charge in [-0.3, -0.25) is 14.6 Å². The maximum atomic E-state index is 12.5. The monoisotopic (exact) mass is 389 g/mol. The Bertz CT molecular complexity index is 1050. The molecule has 0 saturated carbocycles. The maximum absolute atomic E-state index is 12.5. The third-order valence-corrected chi connectivity index (χ3v) is 4.44. The van der Waals surface area contributed by atoms with E-state index in [0.29, 0.717) is 34.9 Å². The average molecular weight is 389 g/mol. The molecule has 2 heterocycles. The van der Waals surface area contributed by atoms with E-state index < -0.39 is 0 Å². The van der Waals surface area contributed by atoms with Crippen LogP contribution in [0.1, 0.15) is 23.7 Å². The van der Waals surface area contributed by atoms with E-state index in [0.717, 1.165) is 11.3 Å². The van der Waals surface area contributed by atoms with Crippen LogP contribution >= 0.6 is 0 Å². The number of amides is 2. The first kappa shape index (κ1) is 18.5. The zero-order chi connectivity index (χ0) is 20.2. The van der Waals surface area contributed by atoms with Gasteiger partial charge in [0.25, 0.3) is 5.91 Å². The maximum Gasteiger partial charge on any atom is 0.255 e. The smallest absolute Gasteiger partial charge is 0.255 e. The van der Waals surface area contributed by atoms with Gasteiger partial charge in [-0.2, -0.15) is 0 Å². The standard InChI is InChI=1S/C22H19N3O4/c1-2-21(26)24-17-7-9-18(23-12-17)14-3-5-15(6-4-14)22(27)25-16-8-10-19-20(11-16)29-13-28-19/h3-12H,2,13H2,1H3,(H,24,26)(H,25,27). The van der Waals surface area contributed by atoms with E-state index in [1.807, 2.05) is 18.2 Å². The summed E-state index contributed by atoms with van der Waals surface area (Å²) in [6, 6.07) is 16.0. The highest BCUT2D eigenvalue weighted by atomic mass is 16.7. The molecule has 0 saturated heterocycles. The van der Waals surface area contributed by atoms with E-state index in [9.17, 15) is 9.59 Å². The Morgan fingerprint density at radius 1 is 0.931 bits per heavy atom. The van der Waals surface area contributed by atoms with Crippen LogP contribution in [0.4, 0.5) is 11.4 Å². The van der Waals surface area contributed by atoms with Gasteiger partial charge in [-0.15, -0.1) is 0 Å². The molecule has 0 bridgehead atoms. The summed E-state index contributed by atoms with van der Waals surface area (Å²) in [4.78, 5) is 28.3. The molecule has 2 amide bonds. The molecule has 4 rings (SSSR count). The first-order valence-electron chi connectivity index (χ1n) is 9.20. The molecular formula is C22H19N3O4. The Balaban J connectivity index is 1.43. The number of hydrogen-bond acceptors (Lipinski definition) is 5. The minimum Gasteiger partial charge on any atom is -0.454 e. The molecule has 2 aromatic carbocycles. The van der Waals surface area contributed by atoms with Crippen LogP contribution in [0.3, 0.4) is 0 Å². The molecule has 0 atom stereocenters. The van der Waals surface area contributed by atoms with Gasteiger partial charge >= 0.3 is 0 Å². The third-order valence-electron chi connectivity index (χ3n) is 4.44. The fourth-order valence-corrected chi connectivity index (χ4v) is 2.86. The number of carbonyl (C=O) groups is 2. The van der Waals surface area contributed by atoms with E-state index >= 15 is 0 Å². The zero-order valence-corrected chi connectivity index (χ0v) is 15.8. The van der Waals surface area contributed by atoms with Gasteiger partial charge in [0.2, 0.25) is 12.7 Å². The number of hydrogen-bond donors (Lipinski definition) is 2. The van der Waals surface area contributed by atoms with Crippen LogP contribution < -0.4 is 20.1 Å². The van der Waals surface area contributed by atoms with Crippen molar-refractivity contribution in [2.24, 2.45) is 0 Å². The van der Waals surface area contributed by atoms with Gasteiger partial charge in [0.1, 0.15) is 0 Å². The molecular weight excluding hydrogens is 370 g/mol. The molecule has 0 fully saturated rings. The summed E-state index contributed by atoms with van der Waals surface area (Å²) in [5, 5.41) is 5.61. The van der Waals surface area contributed by atoms with Crippen LogP contribution in [-0.2, 0) is 4.79 Å². The Morgan fingerprint density at radius 2 is 1.69 bits per heavy atom. The van der Waals surface area contributed by atoms with E-state index in [4.69, 9.17) is 9.47 Å². The fourth-order valence-electron chi connectivity index (χ4n) is 2.86.